The minimum Gasteiger partial charge on any atom is -0.449 e. The maximum atomic E-state index is 11.9. The van der Waals surface area contributed by atoms with Gasteiger partial charge >= 0.3 is 12.1 Å². The molecule has 0 rings (SSSR count). The first-order valence-corrected chi connectivity index (χ1v) is 7.23. The number of ether oxygens (including phenoxy) is 1. The molecule has 0 heterocycles. The molecular formula is C15H31N3O3. The summed E-state index contributed by atoms with van der Waals surface area (Å²) in [5, 5.41) is 2.87. The molecule has 21 heavy (non-hydrogen) atoms. The average Bonchev–Trinajstić information content (AvgIpc) is 2.29. The minimum absolute atomic E-state index is 0.0557. The van der Waals surface area contributed by atoms with Gasteiger partial charge in [0.25, 0.3) is 0 Å². The SMILES string of the molecule is CN(CCN(C)C(=O)OCC(C)(C)C)C(=O)NC(C)(C)C. The van der Waals surface area contributed by atoms with Crippen LogP contribution >= 0.6 is 0 Å². The van der Waals surface area contributed by atoms with Gasteiger partial charge in [-0.2, -0.15) is 0 Å². The van der Waals surface area contributed by atoms with Crippen LogP contribution in [0.15, 0.2) is 0 Å². The Labute approximate surface area is 128 Å². The summed E-state index contributed by atoms with van der Waals surface area (Å²) in [6, 6.07) is -0.154. The van der Waals surface area contributed by atoms with Gasteiger partial charge in [-0.05, 0) is 26.2 Å². The summed E-state index contributed by atoms with van der Waals surface area (Å²) in [5.41, 5.74) is -0.331. The predicted molar refractivity (Wildman–Crippen MR) is 84.3 cm³/mol. The fourth-order valence-corrected chi connectivity index (χ4v) is 1.30. The molecule has 0 radical (unpaired) electrons. The molecule has 0 aromatic rings. The maximum Gasteiger partial charge on any atom is 0.409 e. The Bertz CT molecular complexity index is 356. The Morgan fingerprint density at radius 3 is 1.86 bits per heavy atom. The van der Waals surface area contributed by atoms with Gasteiger partial charge in [-0.3, -0.25) is 0 Å². The number of urea groups is 1. The highest BCUT2D eigenvalue weighted by Gasteiger charge is 2.19. The first kappa shape index (κ1) is 19.5. The quantitative estimate of drug-likeness (QED) is 0.868. The van der Waals surface area contributed by atoms with Crippen LogP contribution in [-0.4, -0.2) is 61.3 Å². The average molecular weight is 301 g/mol. The molecule has 0 bridgehead atoms. The van der Waals surface area contributed by atoms with Crippen LogP contribution in [0.2, 0.25) is 0 Å². The molecule has 0 aliphatic carbocycles. The molecule has 0 atom stereocenters. The van der Waals surface area contributed by atoms with E-state index in [1.165, 1.54) is 4.90 Å². The number of nitrogens with zero attached hydrogens (tertiary/aromatic N) is 2. The molecule has 6 nitrogen and oxygen atoms in total. The summed E-state index contributed by atoms with van der Waals surface area (Å²) in [6.07, 6.45) is -0.366. The van der Waals surface area contributed by atoms with Crippen LogP contribution < -0.4 is 5.32 Å². The zero-order chi connectivity index (χ0) is 16.8. The van der Waals surface area contributed by atoms with Gasteiger partial charge in [-0.1, -0.05) is 20.8 Å². The Morgan fingerprint density at radius 1 is 0.952 bits per heavy atom. The third-order valence-electron chi connectivity index (χ3n) is 2.54. The number of rotatable bonds is 4. The largest absolute Gasteiger partial charge is 0.449 e. The zero-order valence-corrected chi connectivity index (χ0v) is 14.7. The van der Waals surface area contributed by atoms with Crippen molar-refractivity contribution in [1.82, 2.24) is 15.1 Å². The third kappa shape index (κ3) is 9.98. The Hall–Kier alpha value is -1.46. The maximum absolute atomic E-state index is 11.9. The van der Waals surface area contributed by atoms with Crippen LogP contribution in [0, 0.1) is 5.41 Å². The molecule has 0 fully saturated rings. The van der Waals surface area contributed by atoms with Crippen LogP contribution in [0.1, 0.15) is 41.5 Å². The number of likely N-dealkylation sites (N-methyl/N-ethyl adjacent to an activating group) is 2. The van der Waals surface area contributed by atoms with Crippen molar-refractivity contribution in [2.45, 2.75) is 47.1 Å². The van der Waals surface area contributed by atoms with Crippen molar-refractivity contribution in [2.24, 2.45) is 5.41 Å². The minimum atomic E-state index is -0.366. The molecule has 3 amide bonds. The normalized spacial score (nSPS) is 11.8. The highest BCUT2D eigenvalue weighted by molar-refractivity contribution is 5.74. The lowest BCUT2D eigenvalue weighted by atomic mass is 9.99. The number of hydrogen-bond acceptors (Lipinski definition) is 3. The predicted octanol–water partition coefficient (Wildman–Crippen LogP) is 2.54. The monoisotopic (exact) mass is 301 g/mol. The van der Waals surface area contributed by atoms with E-state index in [-0.39, 0.29) is 23.1 Å². The van der Waals surface area contributed by atoms with E-state index in [4.69, 9.17) is 4.74 Å². The number of hydrogen-bond donors (Lipinski definition) is 1. The Balaban J connectivity index is 4.15. The van der Waals surface area contributed by atoms with Crippen LogP contribution in [0.3, 0.4) is 0 Å². The van der Waals surface area contributed by atoms with Crippen LogP contribution in [0.5, 0.6) is 0 Å². The summed E-state index contributed by atoms with van der Waals surface area (Å²) in [7, 11) is 3.37. The lowest BCUT2D eigenvalue weighted by Gasteiger charge is -2.27. The van der Waals surface area contributed by atoms with E-state index in [0.29, 0.717) is 19.7 Å². The number of carbonyl (C=O) groups is 2. The third-order valence-corrected chi connectivity index (χ3v) is 2.54. The van der Waals surface area contributed by atoms with E-state index >= 15 is 0 Å². The molecule has 0 aliphatic rings. The number of amides is 3. The van der Waals surface area contributed by atoms with Crippen LogP contribution in [-0.2, 0) is 4.74 Å². The van der Waals surface area contributed by atoms with Gasteiger partial charge in [0, 0.05) is 32.7 Å². The van der Waals surface area contributed by atoms with Crippen molar-refractivity contribution in [1.29, 1.82) is 0 Å². The summed E-state index contributed by atoms with van der Waals surface area (Å²) < 4.78 is 5.21. The number of carbonyl (C=O) groups excluding carboxylic acids is 2. The summed E-state index contributed by atoms with van der Waals surface area (Å²) in [4.78, 5) is 26.7. The Morgan fingerprint density at radius 2 is 1.43 bits per heavy atom. The van der Waals surface area contributed by atoms with Gasteiger partial charge in [0.05, 0.1) is 6.61 Å². The molecule has 0 aromatic carbocycles. The molecule has 0 saturated carbocycles. The Kier molecular flexibility index (Phi) is 7.00. The molecule has 0 aliphatic heterocycles. The molecular weight excluding hydrogens is 270 g/mol. The second-order valence-electron chi connectivity index (χ2n) is 7.64. The highest BCUT2D eigenvalue weighted by Crippen LogP contribution is 2.13. The van der Waals surface area contributed by atoms with Crippen molar-refractivity contribution in [2.75, 3.05) is 33.8 Å². The second-order valence-corrected chi connectivity index (χ2v) is 7.64. The van der Waals surface area contributed by atoms with E-state index in [0.717, 1.165) is 0 Å². The van der Waals surface area contributed by atoms with Crippen LogP contribution in [0.25, 0.3) is 0 Å². The van der Waals surface area contributed by atoms with Crippen LogP contribution in [0.4, 0.5) is 9.59 Å². The molecule has 0 saturated heterocycles. The lowest BCUT2D eigenvalue weighted by Crippen LogP contribution is -2.49. The topological polar surface area (TPSA) is 61.9 Å². The second kappa shape index (κ2) is 7.52. The molecule has 6 heteroatoms. The summed E-state index contributed by atoms with van der Waals surface area (Å²) in [5.74, 6) is 0. The fraction of sp³-hybridized carbons (Fsp3) is 0.867. The van der Waals surface area contributed by atoms with Crippen molar-refractivity contribution in [3.63, 3.8) is 0 Å². The first-order chi connectivity index (χ1) is 9.32. The lowest BCUT2D eigenvalue weighted by molar-refractivity contribution is 0.0771. The van der Waals surface area contributed by atoms with Crippen molar-refractivity contribution < 1.29 is 14.3 Å². The van der Waals surface area contributed by atoms with Gasteiger partial charge in [-0.15, -0.1) is 0 Å². The number of nitrogens with one attached hydrogen (secondary N) is 1. The van der Waals surface area contributed by atoms with E-state index in [2.05, 4.69) is 5.32 Å². The zero-order valence-electron chi connectivity index (χ0n) is 14.7. The standard InChI is InChI=1S/C15H31N3O3/c1-14(2,3)11-21-13(20)18(8)10-9-17(7)12(19)16-15(4,5)6/h9-11H2,1-8H3,(H,16,19). The molecule has 0 aromatic heterocycles. The van der Waals surface area contributed by atoms with Crippen molar-refractivity contribution >= 4 is 12.1 Å². The highest BCUT2D eigenvalue weighted by atomic mass is 16.6. The fourth-order valence-electron chi connectivity index (χ4n) is 1.30. The molecule has 0 unspecified atom stereocenters. The van der Waals surface area contributed by atoms with E-state index in [9.17, 15) is 9.59 Å². The van der Waals surface area contributed by atoms with E-state index in [1.54, 1.807) is 19.0 Å². The molecule has 1 N–H and O–H groups in total. The van der Waals surface area contributed by atoms with Gasteiger partial charge in [0.15, 0.2) is 0 Å². The molecule has 0 spiro atoms. The summed E-state index contributed by atoms with van der Waals surface area (Å²) in [6.45, 7) is 13.0. The van der Waals surface area contributed by atoms with Gasteiger partial charge in [0.1, 0.15) is 0 Å². The van der Waals surface area contributed by atoms with Crippen molar-refractivity contribution in [3.8, 4) is 0 Å². The first-order valence-electron chi connectivity index (χ1n) is 7.23. The van der Waals surface area contributed by atoms with Gasteiger partial charge < -0.3 is 19.9 Å². The summed E-state index contributed by atoms with van der Waals surface area (Å²) >= 11 is 0. The smallest absolute Gasteiger partial charge is 0.409 e. The molecule has 124 valence electrons. The van der Waals surface area contributed by atoms with Crippen molar-refractivity contribution in [3.05, 3.63) is 0 Å². The van der Waals surface area contributed by atoms with E-state index in [1.807, 2.05) is 41.5 Å². The van der Waals surface area contributed by atoms with Gasteiger partial charge in [0.2, 0.25) is 0 Å². The van der Waals surface area contributed by atoms with Gasteiger partial charge in [-0.25, -0.2) is 9.59 Å². The van der Waals surface area contributed by atoms with E-state index < -0.39 is 0 Å².